The van der Waals surface area contributed by atoms with E-state index >= 15 is 0 Å². The van der Waals surface area contributed by atoms with Gasteiger partial charge in [0.25, 0.3) is 5.91 Å². The van der Waals surface area contributed by atoms with Crippen LogP contribution in [-0.2, 0) is 0 Å². The minimum atomic E-state index is -0.222. The van der Waals surface area contributed by atoms with E-state index in [4.69, 9.17) is 0 Å². The molecule has 2 N–H and O–H groups in total. The Bertz CT molecular complexity index is 751. The summed E-state index contributed by atoms with van der Waals surface area (Å²) in [5, 5.41) is 6.37. The summed E-state index contributed by atoms with van der Waals surface area (Å²) in [4.78, 5) is 23.3. The molecule has 0 bridgehead atoms. The van der Waals surface area contributed by atoms with E-state index in [9.17, 15) is 4.79 Å². The van der Waals surface area contributed by atoms with Crippen LogP contribution in [-0.4, -0.2) is 36.0 Å². The van der Waals surface area contributed by atoms with Gasteiger partial charge in [0, 0.05) is 37.6 Å². The van der Waals surface area contributed by atoms with Crippen LogP contribution in [0.4, 0.5) is 17.2 Å². The Kier molecular flexibility index (Phi) is 5.71. The van der Waals surface area contributed by atoms with Crippen molar-refractivity contribution >= 4 is 23.1 Å². The number of carbonyl (C=O) groups is 1. The lowest BCUT2D eigenvalue weighted by Crippen LogP contribution is -2.24. The zero-order chi connectivity index (χ0) is 18.5. The van der Waals surface area contributed by atoms with Gasteiger partial charge in [-0.1, -0.05) is 19.3 Å². The molecule has 1 aromatic heterocycles. The number of rotatable bonds is 5. The topological polar surface area (TPSA) is 70.2 Å². The minimum Gasteiger partial charge on any atom is -0.378 e. The van der Waals surface area contributed by atoms with Crippen molar-refractivity contribution in [2.24, 2.45) is 0 Å². The molecule has 1 amide bonds. The monoisotopic (exact) mass is 353 g/mol. The normalized spacial score (nSPS) is 14.7. The van der Waals surface area contributed by atoms with Gasteiger partial charge < -0.3 is 15.5 Å². The van der Waals surface area contributed by atoms with Crippen molar-refractivity contribution in [1.82, 2.24) is 9.97 Å². The molecule has 1 fully saturated rings. The van der Waals surface area contributed by atoms with Crippen LogP contribution < -0.4 is 15.5 Å². The molecule has 2 aromatic rings. The number of anilines is 3. The smallest absolute Gasteiger partial charge is 0.274 e. The maximum Gasteiger partial charge on any atom is 0.274 e. The summed E-state index contributed by atoms with van der Waals surface area (Å²) in [5.41, 5.74) is 2.21. The number of aromatic nitrogens is 2. The second-order valence-electron chi connectivity index (χ2n) is 7.06. The average molecular weight is 353 g/mol. The Hall–Kier alpha value is -2.63. The van der Waals surface area contributed by atoms with Gasteiger partial charge in [-0.05, 0) is 44.0 Å². The molecular formula is C20H27N5O. The van der Waals surface area contributed by atoms with Crippen molar-refractivity contribution in [3.05, 3.63) is 41.9 Å². The van der Waals surface area contributed by atoms with Crippen LogP contribution in [0.15, 0.2) is 30.3 Å². The van der Waals surface area contributed by atoms with E-state index in [1.54, 1.807) is 6.07 Å². The van der Waals surface area contributed by atoms with Crippen molar-refractivity contribution in [2.75, 3.05) is 29.6 Å². The molecule has 1 saturated carbocycles. The number of hydrogen-bond donors (Lipinski definition) is 2. The quantitative estimate of drug-likeness (QED) is 0.854. The number of nitrogens with one attached hydrogen (secondary N) is 2. The molecule has 6 heteroatoms. The van der Waals surface area contributed by atoms with Crippen LogP contribution in [0, 0.1) is 6.92 Å². The van der Waals surface area contributed by atoms with Crippen LogP contribution in [0.5, 0.6) is 0 Å². The van der Waals surface area contributed by atoms with Gasteiger partial charge in [0.1, 0.15) is 17.3 Å². The van der Waals surface area contributed by atoms with E-state index in [0.717, 1.165) is 30.0 Å². The molecule has 138 valence electrons. The highest BCUT2D eigenvalue weighted by atomic mass is 16.1. The summed E-state index contributed by atoms with van der Waals surface area (Å²) in [6.45, 7) is 1.81. The Balaban J connectivity index is 1.70. The van der Waals surface area contributed by atoms with Gasteiger partial charge in [-0.15, -0.1) is 0 Å². The van der Waals surface area contributed by atoms with Crippen LogP contribution in [0.2, 0.25) is 0 Å². The summed E-state index contributed by atoms with van der Waals surface area (Å²) in [6.07, 6.45) is 6.11. The standard InChI is InChI=1S/C20H27N5O/c1-14-21-18(13-19(22-14)23-15-7-5-4-6-8-15)20(26)24-16-9-11-17(12-10-16)25(2)3/h9-13,15H,4-8H2,1-3H3,(H,24,26)(H,21,22,23). The predicted molar refractivity (Wildman–Crippen MR) is 106 cm³/mol. The molecule has 0 unspecified atom stereocenters. The Morgan fingerprint density at radius 3 is 2.42 bits per heavy atom. The second kappa shape index (κ2) is 8.17. The average Bonchev–Trinajstić information content (AvgIpc) is 2.62. The predicted octanol–water partition coefficient (Wildman–Crippen LogP) is 3.85. The van der Waals surface area contributed by atoms with Crippen molar-refractivity contribution in [3.8, 4) is 0 Å². The lowest BCUT2D eigenvalue weighted by Gasteiger charge is -2.23. The number of aryl methyl sites for hydroxylation is 1. The van der Waals surface area contributed by atoms with Gasteiger partial charge in [-0.3, -0.25) is 4.79 Å². The molecule has 0 saturated heterocycles. The third kappa shape index (κ3) is 4.71. The van der Waals surface area contributed by atoms with Crippen molar-refractivity contribution in [3.63, 3.8) is 0 Å². The number of hydrogen-bond acceptors (Lipinski definition) is 5. The van der Waals surface area contributed by atoms with Gasteiger partial charge >= 0.3 is 0 Å². The number of amides is 1. The highest BCUT2D eigenvalue weighted by Gasteiger charge is 2.16. The van der Waals surface area contributed by atoms with Gasteiger partial charge in [-0.25, -0.2) is 9.97 Å². The Labute approximate surface area is 155 Å². The van der Waals surface area contributed by atoms with Crippen LogP contribution in [0.3, 0.4) is 0 Å². The van der Waals surface area contributed by atoms with Crippen LogP contribution in [0.25, 0.3) is 0 Å². The van der Waals surface area contributed by atoms with Gasteiger partial charge in [0.15, 0.2) is 0 Å². The van der Waals surface area contributed by atoms with E-state index in [0.29, 0.717) is 17.6 Å². The maximum absolute atomic E-state index is 12.6. The van der Waals surface area contributed by atoms with Crippen molar-refractivity contribution in [1.29, 1.82) is 0 Å². The summed E-state index contributed by atoms with van der Waals surface area (Å²) >= 11 is 0. The minimum absolute atomic E-state index is 0.222. The summed E-state index contributed by atoms with van der Waals surface area (Å²) < 4.78 is 0. The Morgan fingerprint density at radius 2 is 1.77 bits per heavy atom. The zero-order valence-corrected chi connectivity index (χ0v) is 15.7. The number of benzene rings is 1. The second-order valence-corrected chi connectivity index (χ2v) is 7.06. The fraction of sp³-hybridized carbons (Fsp3) is 0.450. The molecule has 0 atom stereocenters. The molecular weight excluding hydrogens is 326 g/mol. The Morgan fingerprint density at radius 1 is 1.08 bits per heavy atom. The van der Waals surface area contributed by atoms with Gasteiger partial charge in [0.05, 0.1) is 0 Å². The molecule has 0 spiro atoms. The molecule has 1 aliphatic carbocycles. The zero-order valence-electron chi connectivity index (χ0n) is 15.7. The van der Waals surface area contributed by atoms with Gasteiger partial charge in [-0.2, -0.15) is 0 Å². The van der Waals surface area contributed by atoms with E-state index in [-0.39, 0.29) is 5.91 Å². The van der Waals surface area contributed by atoms with Crippen molar-refractivity contribution in [2.45, 2.75) is 45.1 Å². The highest BCUT2D eigenvalue weighted by Crippen LogP contribution is 2.21. The molecule has 1 aromatic carbocycles. The maximum atomic E-state index is 12.6. The summed E-state index contributed by atoms with van der Waals surface area (Å²) in [5.74, 6) is 1.11. The van der Waals surface area contributed by atoms with E-state index in [1.807, 2.05) is 50.2 Å². The van der Waals surface area contributed by atoms with E-state index < -0.39 is 0 Å². The lowest BCUT2D eigenvalue weighted by atomic mass is 9.95. The first-order chi connectivity index (χ1) is 12.5. The van der Waals surface area contributed by atoms with Crippen molar-refractivity contribution < 1.29 is 4.79 Å². The summed E-state index contributed by atoms with van der Waals surface area (Å²) in [7, 11) is 3.97. The molecule has 1 heterocycles. The third-order valence-corrected chi connectivity index (χ3v) is 4.67. The van der Waals surface area contributed by atoms with E-state index in [1.165, 1.54) is 19.3 Å². The first-order valence-corrected chi connectivity index (χ1v) is 9.22. The summed E-state index contributed by atoms with van der Waals surface area (Å²) in [6, 6.07) is 9.90. The van der Waals surface area contributed by atoms with E-state index in [2.05, 4.69) is 20.6 Å². The highest BCUT2D eigenvalue weighted by molar-refractivity contribution is 6.03. The molecule has 0 aliphatic heterocycles. The number of carbonyl (C=O) groups excluding carboxylic acids is 1. The molecule has 26 heavy (non-hydrogen) atoms. The first-order valence-electron chi connectivity index (χ1n) is 9.22. The first kappa shape index (κ1) is 18.2. The lowest BCUT2D eigenvalue weighted by molar-refractivity contribution is 0.102. The molecule has 3 rings (SSSR count). The fourth-order valence-electron chi connectivity index (χ4n) is 3.25. The molecule has 1 aliphatic rings. The molecule has 0 radical (unpaired) electrons. The largest absolute Gasteiger partial charge is 0.378 e. The van der Waals surface area contributed by atoms with Gasteiger partial charge in [0.2, 0.25) is 0 Å². The third-order valence-electron chi connectivity index (χ3n) is 4.67. The SMILES string of the molecule is Cc1nc(NC2CCCCC2)cc(C(=O)Nc2ccc(N(C)C)cc2)n1. The van der Waals surface area contributed by atoms with Crippen LogP contribution in [0.1, 0.15) is 48.4 Å². The fourth-order valence-corrected chi connectivity index (χ4v) is 3.25. The van der Waals surface area contributed by atoms with Crippen LogP contribution >= 0.6 is 0 Å². The molecule has 6 nitrogen and oxygen atoms in total. The number of nitrogens with zero attached hydrogens (tertiary/aromatic N) is 3.